The number of allylic oxidation sites excluding steroid dienone is 1. The van der Waals surface area contributed by atoms with Crippen molar-refractivity contribution in [2.75, 3.05) is 18.6 Å². The smallest absolute Gasteiger partial charge is 0.488 e. The molecule has 6 rings (SSSR count). The number of imide groups is 1. The first-order chi connectivity index (χ1) is 22.2. The van der Waals surface area contributed by atoms with E-state index in [1.165, 1.54) is 12.1 Å². The number of aromatic hydroxyl groups is 1. The van der Waals surface area contributed by atoms with Gasteiger partial charge in [0, 0.05) is 17.1 Å². The highest BCUT2D eigenvalue weighted by Gasteiger charge is 2.57. The molecule has 2 aliphatic heterocycles. The van der Waals surface area contributed by atoms with E-state index < -0.39 is 38.1 Å². The molecule has 9 nitrogen and oxygen atoms in total. The monoisotopic (exact) mass is 685 g/mol. The zero-order chi connectivity index (χ0) is 32.5. The first-order valence-electron chi connectivity index (χ1n) is 15.3. The Morgan fingerprint density at radius 2 is 1.85 bits per heavy atom. The Bertz CT molecular complexity index is 1700. The molecule has 2 heterocycles. The second-order valence-electron chi connectivity index (χ2n) is 12.0. The van der Waals surface area contributed by atoms with Gasteiger partial charge in [-0.1, -0.05) is 58.4 Å². The van der Waals surface area contributed by atoms with Crippen LogP contribution in [0.5, 0.6) is 5.75 Å². The fourth-order valence-electron chi connectivity index (χ4n) is 7.22. The molecule has 46 heavy (non-hydrogen) atoms. The van der Waals surface area contributed by atoms with Gasteiger partial charge in [0.15, 0.2) is 0 Å². The number of amides is 2. The summed E-state index contributed by atoms with van der Waals surface area (Å²) >= 11 is 3.49. The summed E-state index contributed by atoms with van der Waals surface area (Å²) in [5.74, 6) is -2.36. The lowest BCUT2D eigenvalue weighted by Gasteiger charge is -2.43. The Morgan fingerprint density at radius 1 is 1.07 bits per heavy atom. The summed E-state index contributed by atoms with van der Waals surface area (Å²) in [6.45, 7) is 0.256. The molecule has 0 spiro atoms. The van der Waals surface area contributed by atoms with Crippen LogP contribution in [0.15, 0.2) is 88.4 Å². The van der Waals surface area contributed by atoms with Crippen molar-refractivity contribution in [1.29, 1.82) is 0 Å². The van der Waals surface area contributed by atoms with Gasteiger partial charge in [-0.05, 0) is 95.7 Å². The highest BCUT2D eigenvalue weighted by Crippen LogP contribution is 2.51. The number of fused-ring (bicyclic) bond motifs is 3. The molecule has 4 atom stereocenters. The van der Waals surface area contributed by atoms with Crippen LogP contribution in [0.25, 0.3) is 11.6 Å². The number of carbonyl (C=O) groups is 2. The molecular formula is C34H34B2BrNO8. The summed E-state index contributed by atoms with van der Waals surface area (Å²) in [7, 11) is -1.29. The van der Waals surface area contributed by atoms with Gasteiger partial charge in [-0.15, -0.1) is 0 Å². The third-order valence-electron chi connectivity index (χ3n) is 9.19. The van der Waals surface area contributed by atoms with Crippen LogP contribution in [0.1, 0.15) is 30.4 Å². The van der Waals surface area contributed by atoms with Crippen LogP contribution >= 0.6 is 15.9 Å². The molecule has 1 aliphatic carbocycles. The minimum Gasteiger partial charge on any atom is -0.507 e. The zero-order valence-corrected chi connectivity index (χ0v) is 26.8. The fraction of sp³-hybridized carbons (Fsp3) is 0.294. The van der Waals surface area contributed by atoms with Crippen LogP contribution in [0.3, 0.4) is 0 Å². The third-order valence-corrected chi connectivity index (χ3v) is 9.69. The quantitative estimate of drug-likeness (QED) is 0.116. The van der Waals surface area contributed by atoms with E-state index in [-0.39, 0.29) is 41.6 Å². The number of benzene rings is 3. The molecular weight excluding hydrogens is 652 g/mol. The maximum atomic E-state index is 14.0. The second-order valence-corrected chi connectivity index (χ2v) is 12.9. The van der Waals surface area contributed by atoms with E-state index in [2.05, 4.69) is 15.9 Å². The fourth-order valence-corrected chi connectivity index (χ4v) is 7.60. The molecule has 3 aromatic carbocycles. The number of hydrogen-bond donors (Lipinski definition) is 4. The lowest BCUT2D eigenvalue weighted by atomic mass is 9.58. The van der Waals surface area contributed by atoms with Crippen molar-refractivity contribution in [3.8, 4) is 5.75 Å². The summed E-state index contributed by atoms with van der Waals surface area (Å²) in [6.07, 6.45) is 2.90. The molecule has 0 unspecified atom stereocenters. The molecule has 3 aromatic rings. The zero-order valence-electron chi connectivity index (χ0n) is 25.3. The first-order valence-corrected chi connectivity index (χ1v) is 16.1. The van der Waals surface area contributed by atoms with Crippen LogP contribution in [-0.2, 0) is 19.0 Å². The molecule has 0 bridgehead atoms. The van der Waals surface area contributed by atoms with Crippen LogP contribution in [-0.4, -0.2) is 66.1 Å². The number of hydrogen-bond acceptors (Lipinski definition) is 8. The summed E-state index contributed by atoms with van der Waals surface area (Å²) in [6, 6.07) is 21.2. The molecule has 2 amide bonds. The molecule has 4 N–H and O–H groups in total. The van der Waals surface area contributed by atoms with Gasteiger partial charge in [-0.2, -0.15) is 0 Å². The average molecular weight is 686 g/mol. The van der Waals surface area contributed by atoms with Crippen molar-refractivity contribution < 1.29 is 39.2 Å². The minimum atomic E-state index is -1.75. The summed E-state index contributed by atoms with van der Waals surface area (Å²) in [5, 5.41) is 40.9. The largest absolute Gasteiger partial charge is 0.507 e. The number of carbonyl (C=O) groups excluding carboxylic acids is 2. The number of methoxy groups -OCH3 is 1. The summed E-state index contributed by atoms with van der Waals surface area (Å²) in [5.41, 5.74) is 4.84. The number of anilines is 1. The standard InChI is InChI=1S/C34H34B2BrNO8/c1-45-19-23-16-27-32(34(41)38(33(27)40)26-9-5-8-24(17-26)36(43)44)28-18-35(42)46-30(31(23)28)13-10-21(20-6-3-2-4-7-20)14-22-15-25(37)11-12-29(22)39/h2-9,11-12,14-15,17,27-28,30,32,39,42-44H,10,13,16,18-19H2,1H3/b21-14-/t27-,28+,30-,32-/m1/s1. The Kier molecular flexibility index (Phi) is 9.65. The molecule has 236 valence electrons. The maximum Gasteiger partial charge on any atom is 0.488 e. The summed E-state index contributed by atoms with van der Waals surface area (Å²) in [4.78, 5) is 29.0. The van der Waals surface area contributed by atoms with Gasteiger partial charge in [0.25, 0.3) is 0 Å². The lowest BCUT2D eigenvalue weighted by molar-refractivity contribution is -0.122. The van der Waals surface area contributed by atoms with Crippen molar-refractivity contribution >= 4 is 64.8 Å². The Morgan fingerprint density at radius 3 is 2.59 bits per heavy atom. The van der Waals surface area contributed by atoms with Gasteiger partial charge in [-0.25, -0.2) is 0 Å². The van der Waals surface area contributed by atoms with E-state index >= 15 is 0 Å². The molecule has 12 heteroatoms. The number of rotatable bonds is 9. The van der Waals surface area contributed by atoms with Crippen molar-refractivity contribution in [3.63, 3.8) is 0 Å². The topological polar surface area (TPSA) is 137 Å². The van der Waals surface area contributed by atoms with E-state index in [1.807, 2.05) is 42.5 Å². The van der Waals surface area contributed by atoms with E-state index in [1.54, 1.807) is 31.4 Å². The third kappa shape index (κ3) is 6.38. The van der Waals surface area contributed by atoms with Gasteiger partial charge in [0.1, 0.15) is 5.75 Å². The van der Waals surface area contributed by atoms with Gasteiger partial charge >= 0.3 is 14.2 Å². The molecule has 0 radical (unpaired) electrons. The molecule has 2 saturated heterocycles. The van der Waals surface area contributed by atoms with E-state index in [4.69, 9.17) is 9.39 Å². The second kappa shape index (κ2) is 13.7. The van der Waals surface area contributed by atoms with Gasteiger partial charge in [0.05, 0.1) is 30.2 Å². The predicted octanol–water partition coefficient (Wildman–Crippen LogP) is 3.80. The van der Waals surface area contributed by atoms with Crippen LogP contribution in [0.4, 0.5) is 5.69 Å². The van der Waals surface area contributed by atoms with Crippen LogP contribution in [0.2, 0.25) is 6.32 Å². The van der Waals surface area contributed by atoms with Crippen molar-refractivity contribution in [1.82, 2.24) is 0 Å². The Labute approximate surface area is 276 Å². The van der Waals surface area contributed by atoms with E-state index in [0.717, 1.165) is 31.7 Å². The number of halogens is 1. The van der Waals surface area contributed by atoms with E-state index in [0.29, 0.717) is 24.8 Å². The highest BCUT2D eigenvalue weighted by molar-refractivity contribution is 9.10. The van der Waals surface area contributed by atoms with Gasteiger partial charge in [-0.3, -0.25) is 14.5 Å². The van der Waals surface area contributed by atoms with Crippen molar-refractivity contribution in [3.05, 3.63) is 99.5 Å². The summed E-state index contributed by atoms with van der Waals surface area (Å²) < 4.78 is 12.6. The number of nitrogens with zero attached hydrogens (tertiary/aromatic N) is 1. The average Bonchev–Trinajstić information content (AvgIpc) is 3.30. The molecule has 2 fully saturated rings. The van der Waals surface area contributed by atoms with Gasteiger partial charge < -0.3 is 29.6 Å². The Balaban J connectivity index is 1.33. The SMILES string of the molecule is COCC1=C2[C@@H](CC/C(=C/c3cc(Br)ccc3O)c3ccccc3)OB(O)C[C@@H]2[C@@H]2C(=O)N(c3cccc(B(O)O)c3)C(=O)[C@@H]2C1. The van der Waals surface area contributed by atoms with Gasteiger partial charge in [0.2, 0.25) is 11.8 Å². The van der Waals surface area contributed by atoms with E-state index in [9.17, 15) is 29.8 Å². The number of phenolic OH excluding ortho intramolecular Hbond substituents is 1. The molecule has 3 aliphatic rings. The lowest BCUT2D eigenvalue weighted by Crippen LogP contribution is -2.46. The number of ether oxygens (including phenoxy) is 1. The van der Waals surface area contributed by atoms with Crippen molar-refractivity contribution in [2.24, 2.45) is 17.8 Å². The van der Waals surface area contributed by atoms with Crippen LogP contribution in [0, 0.1) is 17.8 Å². The van der Waals surface area contributed by atoms with Crippen molar-refractivity contribution in [2.45, 2.75) is 31.7 Å². The normalized spacial score (nSPS) is 23.1. The number of phenols is 1. The minimum absolute atomic E-state index is 0.150. The Hall–Kier alpha value is -3.51. The first kappa shape index (κ1) is 32.4. The predicted molar refractivity (Wildman–Crippen MR) is 180 cm³/mol. The van der Waals surface area contributed by atoms with Crippen LogP contribution < -0.4 is 10.4 Å². The highest BCUT2D eigenvalue weighted by atomic mass is 79.9. The maximum absolute atomic E-state index is 14.0. The molecule has 0 aromatic heterocycles. The molecule has 0 saturated carbocycles.